The fourth-order valence-electron chi connectivity index (χ4n) is 0.375. The summed E-state index contributed by atoms with van der Waals surface area (Å²) in [5.41, 5.74) is 0.0220. The van der Waals surface area contributed by atoms with Gasteiger partial charge in [0.25, 0.3) is 0 Å². The van der Waals surface area contributed by atoms with Gasteiger partial charge in [0.05, 0.1) is 4.21 Å². The molecule has 42 valence electrons. The Labute approximate surface area is 56.4 Å². The summed E-state index contributed by atoms with van der Waals surface area (Å²) in [6, 6.07) is 3.01. The summed E-state index contributed by atoms with van der Waals surface area (Å²) in [4.78, 5) is 10.4. The molecule has 1 rings (SSSR count). The summed E-state index contributed by atoms with van der Waals surface area (Å²) < 4.78 is 0.762. The molecule has 1 heterocycles. The predicted octanol–water partition coefficient (Wildman–Crippen LogP) is 1.40. The van der Waals surface area contributed by atoms with Gasteiger partial charge in [0.1, 0.15) is 0 Å². The number of hydrogen-bond donors (Lipinski definition) is 1. The Balaban J connectivity index is 3.28. The van der Waals surface area contributed by atoms with Crippen molar-refractivity contribution in [3.05, 3.63) is 27.7 Å². The Hall–Kier alpha value is -0.280. The van der Waals surface area contributed by atoms with Gasteiger partial charge in [-0.25, -0.2) is 0 Å². The summed E-state index contributed by atoms with van der Waals surface area (Å²) in [6.07, 6.45) is 0. The molecule has 0 spiro atoms. The van der Waals surface area contributed by atoms with Gasteiger partial charge >= 0.3 is 0 Å². The third-order valence-corrected chi connectivity index (χ3v) is 1.76. The van der Waals surface area contributed by atoms with Crippen molar-refractivity contribution < 1.29 is 0 Å². The Morgan fingerprint density at radius 3 is 2.75 bits per heavy atom. The molecule has 0 saturated heterocycles. The Morgan fingerprint density at radius 1 is 1.62 bits per heavy atom. The molecule has 0 bridgehead atoms. The topological polar surface area (TPSA) is 17.1 Å². The molecule has 1 aromatic rings. The summed E-state index contributed by atoms with van der Waals surface area (Å²) in [5, 5.41) is 1.73. The van der Waals surface area contributed by atoms with Gasteiger partial charge in [0, 0.05) is 6.07 Å². The highest BCUT2D eigenvalue weighted by atomic mass is 32.2. The highest BCUT2D eigenvalue weighted by Gasteiger charge is 1.82. The van der Waals surface area contributed by atoms with Crippen molar-refractivity contribution in [1.29, 1.82) is 0 Å². The second-order valence-electron chi connectivity index (χ2n) is 1.31. The van der Waals surface area contributed by atoms with E-state index in [2.05, 4.69) is 12.6 Å². The van der Waals surface area contributed by atoms with E-state index in [9.17, 15) is 4.79 Å². The van der Waals surface area contributed by atoms with Crippen LogP contribution in [0.4, 0.5) is 0 Å². The Kier molecular flexibility index (Phi) is 1.70. The van der Waals surface area contributed by atoms with Gasteiger partial charge in [0.2, 0.25) is 0 Å². The van der Waals surface area contributed by atoms with Crippen molar-refractivity contribution in [3.8, 4) is 0 Å². The molecule has 8 heavy (non-hydrogen) atoms. The molecule has 1 aromatic heterocycles. The average Bonchev–Trinajstić information content (AvgIpc) is 1.64. The van der Waals surface area contributed by atoms with Gasteiger partial charge in [-0.05, 0) is 11.4 Å². The van der Waals surface area contributed by atoms with E-state index in [1.54, 1.807) is 5.38 Å². The first kappa shape index (κ1) is 5.85. The summed E-state index contributed by atoms with van der Waals surface area (Å²) in [6.45, 7) is 0. The first-order valence-corrected chi connectivity index (χ1v) is 3.39. The van der Waals surface area contributed by atoms with Gasteiger partial charge in [-0.15, -0.1) is 24.0 Å². The van der Waals surface area contributed by atoms with E-state index in [1.165, 1.54) is 23.5 Å². The molecule has 0 aliphatic carbocycles. The van der Waals surface area contributed by atoms with Gasteiger partial charge in [-0.3, -0.25) is 4.79 Å². The van der Waals surface area contributed by atoms with Crippen molar-refractivity contribution in [3.63, 3.8) is 0 Å². The SMILES string of the molecule is O=c1ccsc(S)c1. The molecule has 0 aliphatic rings. The summed E-state index contributed by atoms with van der Waals surface area (Å²) >= 11 is 5.42. The van der Waals surface area contributed by atoms with Crippen LogP contribution in [0.3, 0.4) is 0 Å². The molecule has 0 aromatic carbocycles. The van der Waals surface area contributed by atoms with Crippen LogP contribution in [-0.4, -0.2) is 0 Å². The van der Waals surface area contributed by atoms with Crippen LogP contribution in [0, 0.1) is 0 Å². The van der Waals surface area contributed by atoms with E-state index in [0.717, 1.165) is 4.21 Å². The maximum absolute atomic E-state index is 10.4. The van der Waals surface area contributed by atoms with E-state index in [0.29, 0.717) is 0 Å². The zero-order valence-electron chi connectivity index (χ0n) is 4.00. The molecule has 0 atom stereocenters. The largest absolute Gasteiger partial charge is 0.290 e. The monoisotopic (exact) mass is 144 g/mol. The standard InChI is InChI=1S/C5H4OS2/c6-4-1-2-8-5(7)3-4/h1-3,7H. The van der Waals surface area contributed by atoms with Gasteiger partial charge in [-0.1, -0.05) is 0 Å². The second kappa shape index (κ2) is 2.33. The zero-order chi connectivity index (χ0) is 5.98. The van der Waals surface area contributed by atoms with Crippen molar-refractivity contribution in [2.24, 2.45) is 0 Å². The van der Waals surface area contributed by atoms with Crippen LogP contribution in [0.5, 0.6) is 0 Å². The number of hydrogen-bond acceptors (Lipinski definition) is 3. The van der Waals surface area contributed by atoms with Crippen molar-refractivity contribution >= 4 is 24.0 Å². The molecule has 0 aliphatic heterocycles. The number of thiol groups is 1. The van der Waals surface area contributed by atoms with Crippen LogP contribution < -0.4 is 5.43 Å². The lowest BCUT2D eigenvalue weighted by Gasteiger charge is -1.80. The van der Waals surface area contributed by atoms with Gasteiger partial charge in [-0.2, -0.15) is 0 Å². The smallest absolute Gasteiger partial charge is 0.181 e. The molecule has 0 fully saturated rings. The fourth-order valence-corrected chi connectivity index (χ4v) is 1.21. The average molecular weight is 144 g/mol. The van der Waals surface area contributed by atoms with Crippen LogP contribution in [0.25, 0.3) is 0 Å². The van der Waals surface area contributed by atoms with Crippen LogP contribution in [0.15, 0.2) is 26.5 Å². The second-order valence-corrected chi connectivity index (χ2v) is 3.04. The fraction of sp³-hybridized carbons (Fsp3) is 0. The normalized spacial score (nSPS) is 9.12. The quantitative estimate of drug-likeness (QED) is 0.545. The first-order valence-electron chi connectivity index (χ1n) is 2.07. The van der Waals surface area contributed by atoms with E-state index in [4.69, 9.17) is 0 Å². The molecule has 0 amide bonds. The maximum Gasteiger partial charge on any atom is 0.181 e. The lowest BCUT2D eigenvalue weighted by Crippen LogP contribution is -1.91. The van der Waals surface area contributed by atoms with E-state index in [-0.39, 0.29) is 5.43 Å². The van der Waals surface area contributed by atoms with Crippen LogP contribution >= 0.6 is 24.0 Å². The van der Waals surface area contributed by atoms with Crippen LogP contribution in [-0.2, 0) is 0 Å². The first-order chi connectivity index (χ1) is 3.79. The van der Waals surface area contributed by atoms with E-state index in [1.807, 2.05) is 0 Å². The molecule has 0 radical (unpaired) electrons. The highest BCUT2D eigenvalue weighted by Crippen LogP contribution is 2.06. The lowest BCUT2D eigenvalue weighted by molar-refractivity contribution is 1.57. The van der Waals surface area contributed by atoms with Gasteiger partial charge in [0.15, 0.2) is 5.43 Å². The Morgan fingerprint density at radius 2 is 2.38 bits per heavy atom. The molecular weight excluding hydrogens is 140 g/mol. The van der Waals surface area contributed by atoms with Crippen LogP contribution in [0.2, 0.25) is 0 Å². The maximum atomic E-state index is 10.4. The minimum Gasteiger partial charge on any atom is -0.290 e. The zero-order valence-corrected chi connectivity index (χ0v) is 5.71. The summed E-state index contributed by atoms with van der Waals surface area (Å²) in [7, 11) is 0. The third-order valence-electron chi connectivity index (χ3n) is 0.687. The third kappa shape index (κ3) is 1.35. The predicted molar refractivity (Wildman–Crippen MR) is 37.8 cm³/mol. The Bertz CT molecular complexity index is 228. The number of rotatable bonds is 0. The highest BCUT2D eigenvalue weighted by molar-refractivity contribution is 7.82. The summed E-state index contributed by atoms with van der Waals surface area (Å²) in [5.74, 6) is 0. The van der Waals surface area contributed by atoms with Crippen LogP contribution in [0.1, 0.15) is 0 Å². The van der Waals surface area contributed by atoms with Gasteiger partial charge < -0.3 is 0 Å². The molecule has 1 nitrogen and oxygen atoms in total. The molecule has 0 unspecified atom stereocenters. The lowest BCUT2D eigenvalue weighted by atomic mass is 10.6. The van der Waals surface area contributed by atoms with Crippen molar-refractivity contribution in [2.45, 2.75) is 4.21 Å². The van der Waals surface area contributed by atoms with Crippen molar-refractivity contribution in [1.82, 2.24) is 0 Å². The van der Waals surface area contributed by atoms with E-state index < -0.39 is 0 Å². The molecule has 0 N–H and O–H groups in total. The molecule has 3 heteroatoms. The molecular formula is C5H4OS2. The minimum atomic E-state index is 0.0220. The van der Waals surface area contributed by atoms with Crippen molar-refractivity contribution in [2.75, 3.05) is 0 Å². The minimum absolute atomic E-state index is 0.0220. The molecule has 0 saturated carbocycles. The van der Waals surface area contributed by atoms with E-state index >= 15 is 0 Å².